The van der Waals surface area contributed by atoms with Gasteiger partial charge in [-0.3, -0.25) is 0 Å². The predicted molar refractivity (Wildman–Crippen MR) is 83.5 cm³/mol. The van der Waals surface area contributed by atoms with Gasteiger partial charge in [-0.2, -0.15) is 4.98 Å². The Labute approximate surface area is 122 Å². The van der Waals surface area contributed by atoms with E-state index in [9.17, 15) is 4.39 Å². The largest absolute Gasteiger partial charge is 0.362 e. The van der Waals surface area contributed by atoms with E-state index in [4.69, 9.17) is 0 Å². The summed E-state index contributed by atoms with van der Waals surface area (Å²) in [4.78, 5) is 11.0. The molecule has 0 bridgehead atoms. The molecule has 0 aliphatic heterocycles. The number of fused-ring (bicyclic) bond motifs is 1. The maximum absolute atomic E-state index is 12.9. The molecule has 0 spiro atoms. The smallest absolute Gasteiger partial charge is 0.229 e. The normalized spacial score (nSPS) is 10.6. The van der Waals surface area contributed by atoms with Crippen molar-refractivity contribution in [3.05, 3.63) is 54.3 Å². The fourth-order valence-electron chi connectivity index (χ4n) is 2.12. The van der Waals surface area contributed by atoms with Gasteiger partial charge in [-0.1, -0.05) is 12.1 Å². The summed E-state index contributed by atoms with van der Waals surface area (Å²) in [5.41, 5.74) is 1.61. The summed E-state index contributed by atoms with van der Waals surface area (Å²) in [5, 5.41) is 4.10. The van der Waals surface area contributed by atoms with Crippen LogP contribution in [0.1, 0.15) is 0 Å². The van der Waals surface area contributed by atoms with Crippen molar-refractivity contribution in [2.45, 2.75) is 0 Å². The molecule has 106 valence electrons. The summed E-state index contributed by atoms with van der Waals surface area (Å²) < 4.78 is 12.9. The van der Waals surface area contributed by atoms with Crippen molar-refractivity contribution in [2.24, 2.45) is 0 Å². The van der Waals surface area contributed by atoms with Gasteiger partial charge in [0.2, 0.25) is 5.95 Å². The highest BCUT2D eigenvalue weighted by atomic mass is 19.1. The lowest BCUT2D eigenvalue weighted by molar-refractivity contribution is 0.628. The Morgan fingerprint density at radius 3 is 2.38 bits per heavy atom. The molecule has 0 radical (unpaired) electrons. The van der Waals surface area contributed by atoms with Crippen LogP contribution in [0.5, 0.6) is 0 Å². The first-order chi connectivity index (χ1) is 10.1. The second-order valence-electron chi connectivity index (χ2n) is 4.91. The van der Waals surface area contributed by atoms with Crippen molar-refractivity contribution in [2.75, 3.05) is 24.3 Å². The monoisotopic (exact) mass is 282 g/mol. The first-order valence-corrected chi connectivity index (χ1v) is 6.60. The second kappa shape index (κ2) is 5.36. The van der Waals surface area contributed by atoms with E-state index < -0.39 is 0 Å². The molecule has 0 aliphatic carbocycles. The van der Waals surface area contributed by atoms with Crippen LogP contribution in [0.25, 0.3) is 10.9 Å². The third-order valence-corrected chi connectivity index (χ3v) is 3.11. The van der Waals surface area contributed by atoms with Crippen LogP contribution in [0.2, 0.25) is 0 Å². The molecule has 3 rings (SSSR count). The lowest BCUT2D eigenvalue weighted by Gasteiger charge is -2.15. The van der Waals surface area contributed by atoms with E-state index in [1.807, 2.05) is 43.3 Å². The summed E-state index contributed by atoms with van der Waals surface area (Å²) >= 11 is 0. The topological polar surface area (TPSA) is 41.1 Å². The quantitative estimate of drug-likeness (QED) is 0.797. The molecule has 0 saturated carbocycles. The molecule has 0 saturated heterocycles. The Bertz CT molecular complexity index is 769. The van der Waals surface area contributed by atoms with Crippen LogP contribution in [-0.2, 0) is 0 Å². The fraction of sp³-hybridized carbons (Fsp3) is 0.125. The minimum Gasteiger partial charge on any atom is -0.362 e. The van der Waals surface area contributed by atoms with Crippen molar-refractivity contribution < 1.29 is 4.39 Å². The van der Waals surface area contributed by atoms with E-state index >= 15 is 0 Å². The van der Waals surface area contributed by atoms with Crippen LogP contribution in [-0.4, -0.2) is 24.1 Å². The molecular formula is C16H15FN4. The second-order valence-corrected chi connectivity index (χ2v) is 4.91. The zero-order valence-corrected chi connectivity index (χ0v) is 11.8. The average Bonchev–Trinajstić information content (AvgIpc) is 2.48. The molecular weight excluding hydrogens is 267 g/mol. The van der Waals surface area contributed by atoms with Gasteiger partial charge in [-0.05, 0) is 36.4 Å². The van der Waals surface area contributed by atoms with Gasteiger partial charge in [0.05, 0.1) is 5.52 Å². The minimum atomic E-state index is -0.269. The van der Waals surface area contributed by atoms with E-state index in [1.54, 1.807) is 12.1 Å². The first kappa shape index (κ1) is 13.3. The van der Waals surface area contributed by atoms with Gasteiger partial charge in [0, 0.05) is 25.2 Å². The summed E-state index contributed by atoms with van der Waals surface area (Å²) in [6.45, 7) is 0. The van der Waals surface area contributed by atoms with Crippen LogP contribution in [0.15, 0.2) is 48.5 Å². The zero-order valence-electron chi connectivity index (χ0n) is 11.8. The van der Waals surface area contributed by atoms with Crippen molar-refractivity contribution >= 4 is 28.4 Å². The average molecular weight is 282 g/mol. The van der Waals surface area contributed by atoms with E-state index in [1.165, 1.54) is 12.1 Å². The van der Waals surface area contributed by atoms with Gasteiger partial charge in [-0.25, -0.2) is 9.37 Å². The maximum atomic E-state index is 12.9. The highest BCUT2D eigenvalue weighted by Gasteiger charge is 2.09. The number of nitrogens with zero attached hydrogens (tertiary/aromatic N) is 3. The van der Waals surface area contributed by atoms with Crippen LogP contribution in [0, 0.1) is 5.82 Å². The number of aromatic nitrogens is 2. The standard InChI is InChI=1S/C16H15FN4/c1-21(2)15-13-5-3-4-6-14(13)19-16(20-15)18-12-9-7-11(17)8-10-12/h3-10H,1-2H3,(H,18,19,20). The summed E-state index contributed by atoms with van der Waals surface area (Å²) in [6, 6.07) is 14.0. The zero-order chi connectivity index (χ0) is 14.8. The van der Waals surface area contributed by atoms with Gasteiger partial charge in [0.25, 0.3) is 0 Å². The van der Waals surface area contributed by atoms with E-state index in [0.29, 0.717) is 5.95 Å². The highest BCUT2D eigenvalue weighted by molar-refractivity contribution is 5.90. The Kier molecular flexibility index (Phi) is 3.39. The number of nitrogens with one attached hydrogen (secondary N) is 1. The fourth-order valence-corrected chi connectivity index (χ4v) is 2.12. The van der Waals surface area contributed by atoms with Crippen molar-refractivity contribution in [3.63, 3.8) is 0 Å². The minimum absolute atomic E-state index is 0.269. The number of anilines is 3. The van der Waals surface area contributed by atoms with Crippen molar-refractivity contribution in [3.8, 4) is 0 Å². The third-order valence-electron chi connectivity index (χ3n) is 3.11. The molecule has 1 aromatic heterocycles. The van der Waals surface area contributed by atoms with Gasteiger partial charge in [-0.15, -0.1) is 0 Å². The van der Waals surface area contributed by atoms with Crippen LogP contribution in [0.4, 0.5) is 21.8 Å². The van der Waals surface area contributed by atoms with Gasteiger partial charge in [0.15, 0.2) is 0 Å². The van der Waals surface area contributed by atoms with Crippen molar-refractivity contribution in [1.29, 1.82) is 0 Å². The molecule has 4 nitrogen and oxygen atoms in total. The van der Waals surface area contributed by atoms with Crippen LogP contribution in [0.3, 0.4) is 0 Å². The molecule has 0 unspecified atom stereocenters. The summed E-state index contributed by atoms with van der Waals surface area (Å²) in [6.07, 6.45) is 0. The Morgan fingerprint density at radius 1 is 0.952 bits per heavy atom. The van der Waals surface area contributed by atoms with E-state index in [-0.39, 0.29) is 5.82 Å². The van der Waals surface area contributed by atoms with Gasteiger partial charge in [0.1, 0.15) is 11.6 Å². The molecule has 3 aromatic rings. The molecule has 0 atom stereocenters. The number of rotatable bonds is 3. The molecule has 5 heteroatoms. The molecule has 21 heavy (non-hydrogen) atoms. The lowest BCUT2D eigenvalue weighted by atomic mass is 10.2. The lowest BCUT2D eigenvalue weighted by Crippen LogP contribution is -2.13. The highest BCUT2D eigenvalue weighted by Crippen LogP contribution is 2.25. The number of halogens is 1. The Balaban J connectivity index is 2.04. The molecule has 1 heterocycles. The molecule has 1 N–H and O–H groups in total. The van der Waals surface area contributed by atoms with Gasteiger partial charge < -0.3 is 10.2 Å². The first-order valence-electron chi connectivity index (χ1n) is 6.60. The molecule has 0 fully saturated rings. The van der Waals surface area contributed by atoms with E-state index in [0.717, 1.165) is 22.4 Å². The number of hydrogen-bond acceptors (Lipinski definition) is 4. The number of hydrogen-bond donors (Lipinski definition) is 1. The Hall–Kier alpha value is -2.69. The molecule has 2 aromatic carbocycles. The van der Waals surface area contributed by atoms with Crippen LogP contribution < -0.4 is 10.2 Å². The SMILES string of the molecule is CN(C)c1nc(Nc2ccc(F)cc2)nc2ccccc12. The van der Waals surface area contributed by atoms with E-state index in [2.05, 4.69) is 15.3 Å². The van der Waals surface area contributed by atoms with Gasteiger partial charge >= 0.3 is 0 Å². The molecule has 0 aliphatic rings. The number of benzene rings is 2. The number of para-hydroxylation sites is 1. The van der Waals surface area contributed by atoms with Crippen LogP contribution >= 0.6 is 0 Å². The summed E-state index contributed by atoms with van der Waals surface area (Å²) in [7, 11) is 3.88. The predicted octanol–water partition coefficient (Wildman–Crippen LogP) is 3.58. The Morgan fingerprint density at radius 2 is 1.67 bits per heavy atom. The van der Waals surface area contributed by atoms with Crippen molar-refractivity contribution in [1.82, 2.24) is 9.97 Å². The third kappa shape index (κ3) is 2.76. The maximum Gasteiger partial charge on any atom is 0.229 e. The molecule has 0 amide bonds. The summed E-state index contributed by atoms with van der Waals surface area (Å²) in [5.74, 6) is 1.06.